The van der Waals surface area contributed by atoms with Gasteiger partial charge in [-0.3, -0.25) is 15.0 Å². The lowest BCUT2D eigenvalue weighted by Crippen LogP contribution is -2.40. The number of rotatable bonds is 3. The zero-order valence-corrected chi connectivity index (χ0v) is 8.19. The maximum atomic E-state index is 11.1. The molecule has 0 radical (unpaired) electrons. The van der Waals surface area contributed by atoms with E-state index in [-0.39, 0.29) is 36.7 Å². The van der Waals surface area contributed by atoms with E-state index < -0.39 is 0 Å². The van der Waals surface area contributed by atoms with Gasteiger partial charge in [0.05, 0.1) is 6.54 Å². The molecule has 4 N–H and O–H groups in total. The summed E-state index contributed by atoms with van der Waals surface area (Å²) in [6.45, 7) is 1.98. The highest BCUT2D eigenvalue weighted by Crippen LogP contribution is 2.37. The molecule has 5 nitrogen and oxygen atoms in total. The maximum Gasteiger partial charge on any atom is 0.253 e. The fourth-order valence-corrected chi connectivity index (χ4v) is 1.04. The Morgan fingerprint density at radius 1 is 1.54 bits per heavy atom. The number of hydrogen-bond acceptors (Lipinski definition) is 3. The van der Waals surface area contributed by atoms with Crippen molar-refractivity contribution in [2.24, 2.45) is 17.7 Å². The number of carbonyl (C=O) groups is 2. The Bertz CT molecular complexity index is 210. The Balaban J connectivity index is 0.00000144. The lowest BCUT2D eigenvalue weighted by Gasteiger charge is -2.01. The van der Waals surface area contributed by atoms with E-state index in [9.17, 15) is 9.59 Å². The maximum absolute atomic E-state index is 11.1. The van der Waals surface area contributed by atoms with E-state index in [0.29, 0.717) is 5.92 Å². The molecule has 0 aromatic rings. The molecule has 0 aliphatic heterocycles. The van der Waals surface area contributed by atoms with Gasteiger partial charge in [-0.2, -0.15) is 0 Å². The number of halogens is 1. The largest absolute Gasteiger partial charge is 0.347 e. The van der Waals surface area contributed by atoms with Crippen molar-refractivity contribution in [2.75, 3.05) is 6.54 Å². The predicted molar refractivity (Wildman–Crippen MR) is 49.9 cm³/mol. The van der Waals surface area contributed by atoms with E-state index in [1.165, 1.54) is 0 Å². The Kier molecular flexibility index (Phi) is 4.72. The van der Waals surface area contributed by atoms with Crippen molar-refractivity contribution in [2.45, 2.75) is 13.3 Å². The third-order valence-corrected chi connectivity index (χ3v) is 2.03. The highest BCUT2D eigenvalue weighted by Gasteiger charge is 2.38. The topological polar surface area (TPSA) is 84.2 Å². The summed E-state index contributed by atoms with van der Waals surface area (Å²) in [5.41, 5.74) is 1.94. The van der Waals surface area contributed by atoms with Gasteiger partial charge in [-0.25, -0.2) is 5.84 Å². The molecule has 0 heterocycles. The fraction of sp³-hybridized carbons (Fsp3) is 0.714. The number of hydrazine groups is 1. The van der Waals surface area contributed by atoms with Gasteiger partial charge in [-0.05, 0) is 12.3 Å². The molecule has 2 atom stereocenters. The van der Waals surface area contributed by atoms with Gasteiger partial charge in [0.2, 0.25) is 5.91 Å². The molecule has 1 fully saturated rings. The van der Waals surface area contributed by atoms with Crippen LogP contribution in [0, 0.1) is 11.8 Å². The third kappa shape index (κ3) is 3.61. The van der Waals surface area contributed by atoms with Gasteiger partial charge in [-0.1, -0.05) is 6.92 Å². The minimum Gasteiger partial charge on any atom is -0.347 e. The van der Waals surface area contributed by atoms with Crippen LogP contribution in [0.3, 0.4) is 0 Å². The van der Waals surface area contributed by atoms with Crippen molar-refractivity contribution in [3.8, 4) is 0 Å². The summed E-state index contributed by atoms with van der Waals surface area (Å²) in [7, 11) is 0. The first kappa shape index (κ1) is 12.2. The van der Waals surface area contributed by atoms with Crippen LogP contribution in [-0.2, 0) is 9.59 Å². The number of carbonyl (C=O) groups excluding carboxylic acids is 2. The first-order valence-corrected chi connectivity index (χ1v) is 3.92. The molecule has 6 heteroatoms. The molecule has 0 aromatic heterocycles. The van der Waals surface area contributed by atoms with Crippen molar-refractivity contribution in [3.05, 3.63) is 0 Å². The number of nitrogens with two attached hydrogens (primary N) is 1. The fourth-order valence-electron chi connectivity index (χ4n) is 1.04. The Morgan fingerprint density at radius 3 is 2.46 bits per heavy atom. The zero-order chi connectivity index (χ0) is 9.14. The minimum atomic E-state index is -0.378. The predicted octanol–water partition coefficient (Wildman–Crippen LogP) is -0.830. The van der Waals surface area contributed by atoms with Gasteiger partial charge in [0.15, 0.2) is 0 Å². The first-order valence-electron chi connectivity index (χ1n) is 3.92. The first-order chi connectivity index (χ1) is 5.65. The molecular formula is C7H14ClN3O2. The summed E-state index contributed by atoms with van der Waals surface area (Å²) in [5.74, 6) is 4.97. The summed E-state index contributed by atoms with van der Waals surface area (Å²) in [5, 5.41) is 2.49. The lowest BCUT2D eigenvalue weighted by atomic mass is 10.3. The van der Waals surface area contributed by atoms with E-state index in [1.54, 1.807) is 0 Å². The van der Waals surface area contributed by atoms with Gasteiger partial charge >= 0.3 is 0 Å². The number of nitrogens with one attached hydrogen (secondary N) is 2. The third-order valence-electron chi connectivity index (χ3n) is 2.03. The van der Waals surface area contributed by atoms with Crippen LogP contribution in [0.1, 0.15) is 13.3 Å². The van der Waals surface area contributed by atoms with Crippen molar-refractivity contribution in [1.82, 2.24) is 10.7 Å². The number of hydrogen-bond donors (Lipinski definition) is 3. The van der Waals surface area contributed by atoms with Crippen LogP contribution in [0.25, 0.3) is 0 Å². The zero-order valence-electron chi connectivity index (χ0n) is 7.37. The molecular weight excluding hydrogens is 194 g/mol. The average Bonchev–Trinajstić information content (AvgIpc) is 2.77. The van der Waals surface area contributed by atoms with Crippen LogP contribution < -0.4 is 16.6 Å². The summed E-state index contributed by atoms with van der Waals surface area (Å²) in [6, 6.07) is 0. The molecule has 0 bridgehead atoms. The minimum absolute atomic E-state index is 0. The molecule has 1 rings (SSSR count). The van der Waals surface area contributed by atoms with E-state index in [0.717, 1.165) is 6.42 Å². The van der Waals surface area contributed by atoms with Crippen LogP contribution in [-0.4, -0.2) is 18.4 Å². The Morgan fingerprint density at radius 2 is 2.08 bits per heavy atom. The highest BCUT2D eigenvalue weighted by atomic mass is 35.5. The molecule has 2 unspecified atom stereocenters. The molecule has 76 valence electrons. The van der Waals surface area contributed by atoms with Crippen LogP contribution in [0.4, 0.5) is 0 Å². The van der Waals surface area contributed by atoms with Crippen molar-refractivity contribution in [1.29, 1.82) is 0 Å². The molecule has 2 amide bonds. The van der Waals surface area contributed by atoms with Gasteiger partial charge in [0.25, 0.3) is 5.91 Å². The smallest absolute Gasteiger partial charge is 0.253 e. The summed E-state index contributed by atoms with van der Waals surface area (Å²) in [6.07, 6.45) is 0.927. The highest BCUT2D eigenvalue weighted by molar-refractivity contribution is 5.86. The van der Waals surface area contributed by atoms with Gasteiger partial charge in [0, 0.05) is 5.92 Å². The number of amides is 2. The standard InChI is InChI=1S/C7H13N3O2.ClH/c1-4-2-5(4)7(12)9-3-6(11)10-8;/h4-5H,2-3,8H2,1H3,(H,9,12)(H,10,11);1H. The second-order valence-corrected chi connectivity index (χ2v) is 3.10. The van der Waals surface area contributed by atoms with Crippen molar-refractivity contribution >= 4 is 24.2 Å². The molecule has 0 saturated heterocycles. The normalized spacial score (nSPS) is 24.2. The van der Waals surface area contributed by atoms with Crippen LogP contribution in [0.2, 0.25) is 0 Å². The second kappa shape index (κ2) is 5.04. The lowest BCUT2D eigenvalue weighted by molar-refractivity contribution is -0.127. The summed E-state index contributed by atoms with van der Waals surface area (Å²) >= 11 is 0. The average molecular weight is 208 g/mol. The molecule has 0 aromatic carbocycles. The summed E-state index contributed by atoms with van der Waals surface area (Å²) < 4.78 is 0. The van der Waals surface area contributed by atoms with E-state index in [4.69, 9.17) is 5.84 Å². The van der Waals surface area contributed by atoms with Crippen LogP contribution >= 0.6 is 12.4 Å². The van der Waals surface area contributed by atoms with Crippen molar-refractivity contribution < 1.29 is 9.59 Å². The summed E-state index contributed by atoms with van der Waals surface area (Å²) in [4.78, 5) is 21.7. The van der Waals surface area contributed by atoms with Gasteiger partial charge in [-0.15, -0.1) is 12.4 Å². The molecule has 13 heavy (non-hydrogen) atoms. The van der Waals surface area contributed by atoms with Gasteiger partial charge < -0.3 is 5.32 Å². The second-order valence-electron chi connectivity index (χ2n) is 3.10. The van der Waals surface area contributed by atoms with E-state index in [2.05, 4.69) is 5.32 Å². The Hall–Kier alpha value is -0.810. The van der Waals surface area contributed by atoms with Gasteiger partial charge in [0.1, 0.15) is 0 Å². The Labute approximate surface area is 82.8 Å². The SMILES string of the molecule is CC1CC1C(=O)NCC(=O)NN.Cl. The van der Waals surface area contributed by atoms with Crippen molar-refractivity contribution in [3.63, 3.8) is 0 Å². The van der Waals surface area contributed by atoms with Crippen LogP contribution in [0.5, 0.6) is 0 Å². The monoisotopic (exact) mass is 207 g/mol. The molecule has 1 saturated carbocycles. The quantitative estimate of drug-likeness (QED) is 0.321. The molecule has 1 aliphatic carbocycles. The molecule has 0 spiro atoms. The van der Waals surface area contributed by atoms with E-state index in [1.807, 2.05) is 12.3 Å². The van der Waals surface area contributed by atoms with E-state index >= 15 is 0 Å². The molecule has 1 aliphatic rings. The van der Waals surface area contributed by atoms with Crippen LogP contribution in [0.15, 0.2) is 0 Å².